The summed E-state index contributed by atoms with van der Waals surface area (Å²) in [5.41, 5.74) is 0.970. The first-order valence-electron chi connectivity index (χ1n) is 5.80. The van der Waals surface area contributed by atoms with E-state index in [1.54, 1.807) is 13.4 Å². The highest BCUT2D eigenvalue weighted by atomic mass is 16.5. The molecule has 0 unspecified atom stereocenters. The summed E-state index contributed by atoms with van der Waals surface area (Å²) < 4.78 is 8.93. The summed E-state index contributed by atoms with van der Waals surface area (Å²) in [4.78, 5) is 4.43. The summed E-state index contributed by atoms with van der Waals surface area (Å²) in [6.45, 7) is 3.99. The van der Waals surface area contributed by atoms with Gasteiger partial charge >= 0.3 is 0 Å². The molecule has 7 nitrogen and oxygen atoms in total. The predicted octanol–water partition coefficient (Wildman–Crippen LogP) is 0.427. The topological polar surface area (TPSA) is 69.8 Å². The van der Waals surface area contributed by atoms with Gasteiger partial charge in [-0.1, -0.05) is 0 Å². The van der Waals surface area contributed by atoms with E-state index >= 15 is 0 Å². The van der Waals surface area contributed by atoms with Crippen LogP contribution < -0.4 is 5.32 Å². The van der Waals surface area contributed by atoms with E-state index in [1.165, 1.54) is 0 Å². The highest BCUT2D eigenvalue weighted by Gasteiger charge is 2.08. The molecule has 2 aromatic heterocycles. The number of rotatable bonds is 6. The van der Waals surface area contributed by atoms with Crippen molar-refractivity contribution in [2.24, 2.45) is 7.05 Å². The highest BCUT2D eigenvalue weighted by molar-refractivity contribution is 5.29. The van der Waals surface area contributed by atoms with E-state index in [-0.39, 0.29) is 0 Å². The van der Waals surface area contributed by atoms with Gasteiger partial charge in [-0.2, -0.15) is 0 Å². The van der Waals surface area contributed by atoms with Crippen LogP contribution in [-0.4, -0.2) is 44.6 Å². The molecule has 0 aliphatic carbocycles. The lowest BCUT2D eigenvalue weighted by molar-refractivity contribution is 0.210. The van der Waals surface area contributed by atoms with E-state index in [0.29, 0.717) is 13.2 Å². The zero-order chi connectivity index (χ0) is 13.0. The minimum Gasteiger partial charge on any atom is -0.383 e. The lowest BCUT2D eigenvalue weighted by Gasteiger charge is -2.08. The van der Waals surface area contributed by atoms with Crippen LogP contribution in [0.15, 0.2) is 12.5 Å². The molecule has 0 spiro atoms. The van der Waals surface area contributed by atoms with E-state index in [9.17, 15) is 0 Å². The van der Waals surface area contributed by atoms with Crippen LogP contribution >= 0.6 is 0 Å². The summed E-state index contributed by atoms with van der Waals surface area (Å²) >= 11 is 0. The number of aryl methyl sites for hydroxylation is 2. The van der Waals surface area contributed by atoms with Gasteiger partial charge < -0.3 is 19.2 Å². The Bertz CT molecular complexity index is 503. The molecule has 0 atom stereocenters. The van der Waals surface area contributed by atoms with E-state index in [2.05, 4.69) is 20.5 Å². The van der Waals surface area contributed by atoms with Crippen LogP contribution in [0.2, 0.25) is 0 Å². The molecule has 0 aromatic carbocycles. The summed E-state index contributed by atoms with van der Waals surface area (Å²) in [5.74, 6) is 1.72. The molecule has 1 N–H and O–H groups in total. The monoisotopic (exact) mass is 250 g/mol. The molecule has 0 saturated heterocycles. The van der Waals surface area contributed by atoms with Gasteiger partial charge in [-0.15, -0.1) is 10.2 Å². The van der Waals surface area contributed by atoms with Crippen molar-refractivity contribution in [2.45, 2.75) is 13.5 Å². The molecule has 2 heterocycles. The van der Waals surface area contributed by atoms with Gasteiger partial charge in [0.25, 0.3) is 0 Å². The van der Waals surface area contributed by atoms with Crippen LogP contribution in [0.5, 0.6) is 0 Å². The maximum absolute atomic E-state index is 5.01. The Labute approximate surface area is 106 Å². The predicted molar refractivity (Wildman–Crippen MR) is 67.4 cm³/mol. The quantitative estimate of drug-likeness (QED) is 0.753. The van der Waals surface area contributed by atoms with Crippen molar-refractivity contribution in [2.75, 3.05) is 25.6 Å². The maximum atomic E-state index is 5.01. The van der Waals surface area contributed by atoms with Gasteiger partial charge in [0.15, 0.2) is 5.82 Å². The van der Waals surface area contributed by atoms with E-state index in [1.807, 2.05) is 29.3 Å². The molecular weight excluding hydrogens is 232 g/mol. The molecule has 98 valence electrons. The third-order valence-corrected chi connectivity index (χ3v) is 2.60. The number of imidazole rings is 1. The van der Waals surface area contributed by atoms with E-state index in [4.69, 9.17) is 4.74 Å². The second-order valence-corrected chi connectivity index (χ2v) is 4.11. The fourth-order valence-electron chi connectivity index (χ4n) is 1.68. The standard InChI is InChI=1S/C11H18N6O/c1-9-6-17(7-10-15-13-8-16(10)2)11(14-9)12-4-5-18-3/h6,8H,4-5,7H2,1-3H3,(H,12,14). The lowest BCUT2D eigenvalue weighted by atomic mass is 10.5. The third kappa shape index (κ3) is 2.86. The van der Waals surface area contributed by atoms with Gasteiger partial charge in [-0.05, 0) is 6.92 Å². The zero-order valence-corrected chi connectivity index (χ0v) is 10.9. The molecule has 0 saturated carbocycles. The Morgan fingerprint density at radius 3 is 2.94 bits per heavy atom. The van der Waals surface area contributed by atoms with Gasteiger partial charge in [0.05, 0.1) is 18.8 Å². The average molecular weight is 250 g/mol. The number of nitrogens with one attached hydrogen (secondary N) is 1. The Kier molecular flexibility index (Phi) is 3.93. The van der Waals surface area contributed by atoms with Gasteiger partial charge in [0.2, 0.25) is 5.95 Å². The highest BCUT2D eigenvalue weighted by Crippen LogP contribution is 2.10. The van der Waals surface area contributed by atoms with Gasteiger partial charge in [-0.3, -0.25) is 0 Å². The van der Waals surface area contributed by atoms with Crippen molar-refractivity contribution >= 4 is 5.95 Å². The SMILES string of the molecule is COCCNc1nc(C)cn1Cc1nncn1C. The normalized spacial score (nSPS) is 10.8. The van der Waals surface area contributed by atoms with Crippen molar-refractivity contribution in [1.29, 1.82) is 0 Å². The molecule has 0 aliphatic rings. The summed E-state index contributed by atoms with van der Waals surface area (Å²) in [6, 6.07) is 0. The number of ether oxygens (including phenoxy) is 1. The molecule has 0 bridgehead atoms. The van der Waals surface area contributed by atoms with Crippen LogP contribution in [0, 0.1) is 6.92 Å². The number of methoxy groups -OCH3 is 1. The Morgan fingerprint density at radius 2 is 2.28 bits per heavy atom. The van der Waals surface area contributed by atoms with Crippen molar-refractivity contribution in [3.05, 3.63) is 24.0 Å². The zero-order valence-electron chi connectivity index (χ0n) is 10.9. The fourth-order valence-corrected chi connectivity index (χ4v) is 1.68. The van der Waals surface area contributed by atoms with Crippen LogP contribution in [0.4, 0.5) is 5.95 Å². The molecule has 2 aromatic rings. The number of anilines is 1. The van der Waals surface area contributed by atoms with Gasteiger partial charge in [0, 0.05) is 26.9 Å². The molecule has 0 amide bonds. The number of nitrogens with zero attached hydrogens (tertiary/aromatic N) is 5. The second-order valence-electron chi connectivity index (χ2n) is 4.11. The lowest BCUT2D eigenvalue weighted by Crippen LogP contribution is -2.14. The van der Waals surface area contributed by atoms with Crippen LogP contribution in [-0.2, 0) is 18.3 Å². The largest absolute Gasteiger partial charge is 0.383 e. The molecule has 0 aliphatic heterocycles. The third-order valence-electron chi connectivity index (χ3n) is 2.60. The molecular formula is C11H18N6O. The Morgan fingerprint density at radius 1 is 1.44 bits per heavy atom. The minimum atomic E-state index is 0.645. The summed E-state index contributed by atoms with van der Waals surface area (Å²) in [7, 11) is 3.61. The first kappa shape index (κ1) is 12.6. The van der Waals surface area contributed by atoms with Gasteiger partial charge in [-0.25, -0.2) is 4.98 Å². The van der Waals surface area contributed by atoms with Crippen molar-refractivity contribution < 1.29 is 4.74 Å². The molecule has 18 heavy (non-hydrogen) atoms. The smallest absolute Gasteiger partial charge is 0.203 e. The van der Waals surface area contributed by atoms with Crippen molar-refractivity contribution in [3.8, 4) is 0 Å². The molecule has 2 rings (SSSR count). The van der Waals surface area contributed by atoms with Crippen molar-refractivity contribution in [3.63, 3.8) is 0 Å². The maximum Gasteiger partial charge on any atom is 0.203 e. The number of hydrogen-bond acceptors (Lipinski definition) is 5. The van der Waals surface area contributed by atoms with Gasteiger partial charge in [0.1, 0.15) is 6.33 Å². The van der Waals surface area contributed by atoms with E-state index in [0.717, 1.165) is 24.0 Å². The van der Waals surface area contributed by atoms with Crippen LogP contribution in [0.25, 0.3) is 0 Å². The molecule has 0 radical (unpaired) electrons. The molecule has 7 heteroatoms. The summed E-state index contributed by atoms with van der Waals surface area (Å²) in [6.07, 6.45) is 3.68. The Balaban J connectivity index is 2.09. The van der Waals surface area contributed by atoms with Crippen LogP contribution in [0.3, 0.4) is 0 Å². The second kappa shape index (κ2) is 5.63. The van der Waals surface area contributed by atoms with Crippen molar-refractivity contribution in [1.82, 2.24) is 24.3 Å². The minimum absolute atomic E-state index is 0.645. The fraction of sp³-hybridized carbons (Fsp3) is 0.545. The summed E-state index contributed by atoms with van der Waals surface area (Å²) in [5, 5.41) is 11.2. The van der Waals surface area contributed by atoms with E-state index < -0.39 is 0 Å². The Hall–Kier alpha value is -1.89. The molecule has 0 fully saturated rings. The van der Waals surface area contributed by atoms with Crippen LogP contribution in [0.1, 0.15) is 11.5 Å². The first-order valence-corrected chi connectivity index (χ1v) is 5.80. The number of hydrogen-bond donors (Lipinski definition) is 1. The number of aromatic nitrogens is 5. The first-order chi connectivity index (χ1) is 8.70. The average Bonchev–Trinajstić information content (AvgIpc) is 2.88.